The van der Waals surface area contributed by atoms with E-state index in [1.54, 1.807) is 18.2 Å². The van der Waals surface area contributed by atoms with Crippen LogP contribution >= 0.6 is 0 Å². The normalized spacial score (nSPS) is 21.7. The minimum absolute atomic E-state index is 0.0303. The Morgan fingerprint density at radius 2 is 1.96 bits per heavy atom. The number of alkyl halides is 3. The average molecular weight is 322 g/mol. The van der Waals surface area contributed by atoms with Gasteiger partial charge in [-0.3, -0.25) is 0 Å². The van der Waals surface area contributed by atoms with E-state index < -0.39 is 17.3 Å². The second-order valence-corrected chi connectivity index (χ2v) is 5.19. The third kappa shape index (κ3) is 2.61. The third-order valence-corrected chi connectivity index (χ3v) is 3.68. The van der Waals surface area contributed by atoms with Gasteiger partial charge in [-0.1, -0.05) is 18.2 Å². The summed E-state index contributed by atoms with van der Waals surface area (Å²) in [6.07, 6.45) is -1.46. The van der Waals surface area contributed by atoms with Crippen molar-refractivity contribution in [3.8, 4) is 11.5 Å². The standard InChI is InChI=1S/C15H13F3N4O/c16-15(17,18)11-8-22-12(19)7-14(11,20)10-4-2-1-3-9(10)13-21-5-6-23-13/h1-6,8H,7,20H2,(H2,19,22). The van der Waals surface area contributed by atoms with Crippen molar-refractivity contribution in [2.24, 2.45) is 16.5 Å². The summed E-state index contributed by atoms with van der Waals surface area (Å²) in [6.45, 7) is 0. The van der Waals surface area contributed by atoms with Crippen LogP contribution in [0.3, 0.4) is 0 Å². The van der Waals surface area contributed by atoms with Gasteiger partial charge in [0.2, 0.25) is 5.89 Å². The molecule has 1 aliphatic heterocycles. The van der Waals surface area contributed by atoms with Gasteiger partial charge in [-0.05, 0) is 11.6 Å². The molecule has 2 aromatic rings. The van der Waals surface area contributed by atoms with Gasteiger partial charge in [-0.2, -0.15) is 13.2 Å². The van der Waals surface area contributed by atoms with Gasteiger partial charge >= 0.3 is 6.18 Å². The lowest BCUT2D eigenvalue weighted by Crippen LogP contribution is -2.48. The summed E-state index contributed by atoms with van der Waals surface area (Å²) in [5, 5.41) is 0. The molecular formula is C15H13F3N4O. The molecule has 1 aromatic heterocycles. The summed E-state index contributed by atoms with van der Waals surface area (Å²) >= 11 is 0. The van der Waals surface area contributed by atoms with Crippen LogP contribution in [0, 0.1) is 0 Å². The van der Waals surface area contributed by atoms with Crippen molar-refractivity contribution in [2.45, 2.75) is 18.1 Å². The maximum absolute atomic E-state index is 13.4. The highest BCUT2D eigenvalue weighted by Gasteiger charge is 2.50. The van der Waals surface area contributed by atoms with Crippen molar-refractivity contribution in [3.05, 3.63) is 54.1 Å². The molecule has 0 fully saturated rings. The number of halogens is 3. The van der Waals surface area contributed by atoms with Crippen molar-refractivity contribution in [1.29, 1.82) is 0 Å². The maximum Gasteiger partial charge on any atom is 0.416 e. The highest BCUT2D eigenvalue weighted by Crippen LogP contribution is 2.45. The summed E-state index contributed by atoms with van der Waals surface area (Å²) in [5.41, 5.74) is 9.61. The zero-order valence-electron chi connectivity index (χ0n) is 11.8. The van der Waals surface area contributed by atoms with Crippen LogP contribution in [0.2, 0.25) is 0 Å². The Hall–Kier alpha value is -2.61. The van der Waals surface area contributed by atoms with E-state index in [1.807, 2.05) is 0 Å². The number of oxazole rings is 1. The topological polar surface area (TPSA) is 90.4 Å². The number of aromatic nitrogens is 1. The largest absolute Gasteiger partial charge is 0.445 e. The van der Waals surface area contributed by atoms with E-state index in [2.05, 4.69) is 9.98 Å². The second-order valence-electron chi connectivity index (χ2n) is 5.19. The van der Waals surface area contributed by atoms with Crippen molar-refractivity contribution in [1.82, 2.24) is 4.98 Å². The Kier molecular flexibility index (Phi) is 3.48. The van der Waals surface area contributed by atoms with Gasteiger partial charge < -0.3 is 15.9 Å². The Morgan fingerprint density at radius 3 is 2.61 bits per heavy atom. The lowest BCUT2D eigenvalue weighted by Gasteiger charge is -2.36. The lowest BCUT2D eigenvalue weighted by molar-refractivity contribution is -0.101. The third-order valence-electron chi connectivity index (χ3n) is 3.68. The monoisotopic (exact) mass is 322 g/mol. The number of hydrogen-bond acceptors (Lipinski definition) is 5. The molecule has 0 bridgehead atoms. The van der Waals surface area contributed by atoms with Crippen molar-refractivity contribution in [2.75, 3.05) is 0 Å². The molecule has 0 amide bonds. The van der Waals surface area contributed by atoms with E-state index in [0.29, 0.717) is 11.8 Å². The number of benzene rings is 1. The van der Waals surface area contributed by atoms with Gasteiger partial charge in [0.1, 0.15) is 12.1 Å². The first-order valence-electron chi connectivity index (χ1n) is 6.70. The fourth-order valence-corrected chi connectivity index (χ4v) is 2.67. The molecule has 1 aromatic carbocycles. The predicted octanol–water partition coefficient (Wildman–Crippen LogP) is 2.70. The summed E-state index contributed by atoms with van der Waals surface area (Å²) in [6, 6.07) is 6.39. The predicted molar refractivity (Wildman–Crippen MR) is 78.2 cm³/mol. The zero-order chi connectivity index (χ0) is 16.7. The van der Waals surface area contributed by atoms with Gasteiger partial charge in [0.05, 0.1) is 17.3 Å². The molecule has 120 valence electrons. The van der Waals surface area contributed by atoms with E-state index in [1.165, 1.54) is 18.5 Å². The van der Waals surface area contributed by atoms with Crippen LogP contribution in [-0.2, 0) is 5.54 Å². The van der Waals surface area contributed by atoms with Crippen LogP contribution < -0.4 is 11.5 Å². The summed E-state index contributed by atoms with van der Waals surface area (Å²) < 4.78 is 45.5. The van der Waals surface area contributed by atoms with Crippen molar-refractivity contribution >= 4 is 5.84 Å². The van der Waals surface area contributed by atoms with E-state index in [0.717, 1.165) is 0 Å². The van der Waals surface area contributed by atoms with Crippen molar-refractivity contribution < 1.29 is 17.6 Å². The van der Waals surface area contributed by atoms with Crippen LogP contribution in [0.4, 0.5) is 13.2 Å². The van der Waals surface area contributed by atoms with Crippen LogP contribution in [0.15, 0.2) is 57.9 Å². The first-order chi connectivity index (χ1) is 10.8. The minimum atomic E-state index is -4.64. The summed E-state index contributed by atoms with van der Waals surface area (Å²) in [4.78, 5) is 7.58. The molecule has 0 aliphatic carbocycles. The fourth-order valence-electron chi connectivity index (χ4n) is 2.67. The van der Waals surface area contributed by atoms with E-state index >= 15 is 0 Å². The molecule has 3 rings (SSSR count). The Balaban J connectivity index is 2.21. The minimum Gasteiger partial charge on any atom is -0.445 e. The molecular weight excluding hydrogens is 309 g/mol. The van der Waals surface area contributed by atoms with Crippen LogP contribution in [-0.4, -0.2) is 17.0 Å². The van der Waals surface area contributed by atoms with E-state index in [9.17, 15) is 13.2 Å². The first-order valence-corrected chi connectivity index (χ1v) is 6.70. The molecule has 2 heterocycles. The van der Waals surface area contributed by atoms with Gasteiger partial charge in [-0.15, -0.1) is 0 Å². The van der Waals surface area contributed by atoms with Crippen LogP contribution in [0.5, 0.6) is 0 Å². The number of nitrogens with two attached hydrogens (primary N) is 2. The average Bonchev–Trinajstić information content (AvgIpc) is 3.00. The van der Waals surface area contributed by atoms with Crippen molar-refractivity contribution in [3.63, 3.8) is 0 Å². The highest BCUT2D eigenvalue weighted by molar-refractivity contribution is 5.85. The van der Waals surface area contributed by atoms with Crippen LogP contribution in [0.25, 0.3) is 11.5 Å². The molecule has 1 aliphatic rings. The number of nitrogens with zero attached hydrogens (tertiary/aromatic N) is 2. The van der Waals surface area contributed by atoms with Gasteiger partial charge in [-0.25, -0.2) is 9.98 Å². The summed E-state index contributed by atoms with van der Waals surface area (Å²) in [5.74, 6) is 0.218. The van der Waals surface area contributed by atoms with Gasteiger partial charge in [0, 0.05) is 18.2 Å². The maximum atomic E-state index is 13.4. The molecule has 23 heavy (non-hydrogen) atoms. The van der Waals surface area contributed by atoms with E-state index in [-0.39, 0.29) is 23.7 Å². The molecule has 4 N–H and O–H groups in total. The Bertz CT molecular complexity index is 780. The fraction of sp³-hybridized carbons (Fsp3) is 0.200. The molecule has 8 heteroatoms. The molecule has 1 atom stereocenters. The Labute approximate surface area is 129 Å². The van der Waals surface area contributed by atoms with Gasteiger partial charge in [0.15, 0.2) is 0 Å². The van der Waals surface area contributed by atoms with E-state index in [4.69, 9.17) is 15.9 Å². The SMILES string of the molecule is NC1=NC=C(C(F)(F)F)C(N)(c2ccccc2-c2ncco2)C1. The zero-order valence-corrected chi connectivity index (χ0v) is 11.8. The molecule has 0 saturated heterocycles. The first kappa shape index (κ1) is 15.3. The molecule has 0 spiro atoms. The number of rotatable bonds is 2. The second kappa shape index (κ2) is 5.24. The quantitative estimate of drug-likeness (QED) is 0.889. The molecule has 5 nitrogen and oxygen atoms in total. The molecule has 0 saturated carbocycles. The highest BCUT2D eigenvalue weighted by atomic mass is 19.4. The Morgan fingerprint density at radius 1 is 1.22 bits per heavy atom. The van der Waals surface area contributed by atoms with Crippen LogP contribution in [0.1, 0.15) is 12.0 Å². The lowest BCUT2D eigenvalue weighted by atomic mass is 9.77. The smallest absolute Gasteiger partial charge is 0.416 e. The molecule has 0 radical (unpaired) electrons. The van der Waals surface area contributed by atoms with Gasteiger partial charge in [0.25, 0.3) is 0 Å². The number of amidine groups is 1. The summed E-state index contributed by atoms with van der Waals surface area (Å²) in [7, 11) is 0. The molecule has 1 unspecified atom stereocenters. The number of hydrogen-bond donors (Lipinski definition) is 2. The number of aliphatic imine (C=N–C) groups is 1.